The molecule has 8 heteroatoms. The number of halogens is 3. The van der Waals surface area contributed by atoms with Gasteiger partial charge in [-0.3, -0.25) is 4.79 Å². The molecule has 0 aliphatic carbocycles. The number of hydrogen-bond acceptors (Lipinski definition) is 2. The van der Waals surface area contributed by atoms with Crippen LogP contribution in [0.3, 0.4) is 0 Å². The van der Waals surface area contributed by atoms with E-state index in [1.807, 2.05) is 42.5 Å². The van der Waals surface area contributed by atoms with Gasteiger partial charge in [0.2, 0.25) is 9.70 Å². The van der Waals surface area contributed by atoms with Crippen molar-refractivity contribution in [3.8, 4) is 0 Å². The highest BCUT2D eigenvalue weighted by molar-refractivity contribution is 7.80. The Labute approximate surface area is 160 Å². The molecular formula is C16H16Cl3N3OS. The molecule has 2 rings (SSSR count). The Morgan fingerprint density at radius 3 is 2.42 bits per heavy atom. The van der Waals surface area contributed by atoms with Crippen LogP contribution in [0.25, 0.3) is 10.8 Å². The molecule has 0 bridgehead atoms. The van der Waals surface area contributed by atoms with Gasteiger partial charge in [0, 0.05) is 12.1 Å². The average molecular weight is 405 g/mol. The molecule has 128 valence electrons. The predicted molar refractivity (Wildman–Crippen MR) is 106 cm³/mol. The van der Waals surface area contributed by atoms with Crippen molar-refractivity contribution in [3.05, 3.63) is 42.5 Å². The number of thiocarbonyl (C=S) groups is 1. The summed E-state index contributed by atoms with van der Waals surface area (Å²) in [6.07, 6.45) is -0.681. The number of amides is 1. The third-order valence-corrected chi connectivity index (χ3v) is 4.11. The third kappa shape index (κ3) is 5.38. The predicted octanol–water partition coefficient (Wildman–Crippen LogP) is 4.35. The Morgan fingerprint density at radius 2 is 1.79 bits per heavy atom. The molecule has 1 amide bonds. The van der Waals surface area contributed by atoms with Crippen molar-refractivity contribution in [2.75, 3.05) is 5.32 Å². The summed E-state index contributed by atoms with van der Waals surface area (Å²) in [5.41, 5.74) is 0.788. The number of benzene rings is 2. The summed E-state index contributed by atoms with van der Waals surface area (Å²) < 4.78 is -1.75. The average Bonchev–Trinajstić information content (AvgIpc) is 2.53. The van der Waals surface area contributed by atoms with E-state index >= 15 is 0 Å². The van der Waals surface area contributed by atoms with E-state index in [0.29, 0.717) is 0 Å². The Morgan fingerprint density at radius 1 is 1.12 bits per heavy atom. The van der Waals surface area contributed by atoms with Gasteiger partial charge in [0.1, 0.15) is 6.17 Å². The zero-order valence-corrected chi connectivity index (χ0v) is 15.9. The molecule has 2 aromatic carbocycles. The number of rotatable bonds is 4. The highest BCUT2D eigenvalue weighted by atomic mass is 35.6. The molecular weight excluding hydrogens is 389 g/mol. The van der Waals surface area contributed by atoms with E-state index in [1.54, 1.807) is 6.92 Å². The fourth-order valence-electron chi connectivity index (χ4n) is 2.03. The van der Waals surface area contributed by atoms with Crippen LogP contribution in [0.5, 0.6) is 0 Å². The molecule has 0 radical (unpaired) electrons. The van der Waals surface area contributed by atoms with Crippen molar-refractivity contribution >= 4 is 74.5 Å². The number of hydrogen-bond donors (Lipinski definition) is 3. The summed E-state index contributed by atoms with van der Waals surface area (Å²) in [5, 5.41) is 10.8. The number of fused-ring (bicyclic) bond motifs is 1. The van der Waals surface area contributed by atoms with Gasteiger partial charge in [-0.25, -0.2) is 0 Å². The van der Waals surface area contributed by atoms with Crippen LogP contribution in [-0.2, 0) is 4.79 Å². The first-order valence-corrected chi connectivity index (χ1v) is 8.76. The zero-order chi connectivity index (χ0) is 17.7. The molecule has 24 heavy (non-hydrogen) atoms. The Balaban J connectivity index is 2.07. The quantitative estimate of drug-likeness (QED) is 0.403. The lowest BCUT2D eigenvalue weighted by Crippen LogP contribution is -2.56. The van der Waals surface area contributed by atoms with E-state index in [0.717, 1.165) is 16.5 Å². The summed E-state index contributed by atoms with van der Waals surface area (Å²) in [6, 6.07) is 13.8. The monoisotopic (exact) mass is 403 g/mol. The maximum atomic E-state index is 11.6. The van der Waals surface area contributed by atoms with Crippen LogP contribution in [0.2, 0.25) is 0 Å². The molecule has 0 saturated heterocycles. The largest absolute Gasteiger partial charge is 0.339 e. The second-order valence-electron chi connectivity index (χ2n) is 5.06. The summed E-state index contributed by atoms with van der Waals surface area (Å²) in [4.78, 5) is 11.6. The molecule has 0 saturated carbocycles. The molecule has 0 aliphatic heterocycles. The maximum Gasteiger partial charge on any atom is 0.228 e. The second kappa shape index (κ2) is 8.21. The van der Waals surface area contributed by atoms with Gasteiger partial charge in [0.15, 0.2) is 5.11 Å². The minimum Gasteiger partial charge on any atom is -0.339 e. The van der Waals surface area contributed by atoms with E-state index in [1.165, 1.54) is 0 Å². The molecule has 0 heterocycles. The van der Waals surface area contributed by atoms with Crippen LogP contribution in [0, 0.1) is 0 Å². The van der Waals surface area contributed by atoms with Crippen LogP contribution >= 0.6 is 47.0 Å². The normalized spacial score (nSPS) is 12.5. The fourth-order valence-corrected chi connectivity index (χ4v) is 2.59. The third-order valence-electron chi connectivity index (χ3n) is 3.24. The number of alkyl halides is 3. The van der Waals surface area contributed by atoms with Gasteiger partial charge in [-0.15, -0.1) is 0 Å². The first-order chi connectivity index (χ1) is 11.3. The van der Waals surface area contributed by atoms with Gasteiger partial charge >= 0.3 is 0 Å². The zero-order valence-electron chi connectivity index (χ0n) is 12.8. The lowest BCUT2D eigenvalue weighted by atomic mass is 10.1. The molecule has 0 aliphatic rings. The SMILES string of the molecule is CCC(=O)N[C@@H](NC(=S)Nc1ccc2ccccc2c1)C(Cl)(Cl)Cl. The number of carbonyl (C=O) groups excluding carboxylic acids is 1. The summed E-state index contributed by atoms with van der Waals surface area (Å²) in [7, 11) is 0. The molecule has 2 aromatic rings. The van der Waals surface area contributed by atoms with Crippen molar-refractivity contribution in [2.24, 2.45) is 0 Å². The number of nitrogens with one attached hydrogen (secondary N) is 3. The van der Waals surface area contributed by atoms with Gasteiger partial charge < -0.3 is 16.0 Å². The Bertz CT molecular complexity index is 749. The van der Waals surface area contributed by atoms with Gasteiger partial charge in [0.05, 0.1) is 0 Å². The Kier molecular flexibility index (Phi) is 6.52. The number of anilines is 1. The van der Waals surface area contributed by atoms with E-state index in [-0.39, 0.29) is 17.4 Å². The first-order valence-electron chi connectivity index (χ1n) is 7.22. The van der Waals surface area contributed by atoms with Crippen molar-refractivity contribution in [2.45, 2.75) is 23.3 Å². The number of carbonyl (C=O) groups is 1. The highest BCUT2D eigenvalue weighted by Crippen LogP contribution is 2.29. The van der Waals surface area contributed by atoms with Crippen LogP contribution in [0.4, 0.5) is 5.69 Å². The van der Waals surface area contributed by atoms with E-state index < -0.39 is 9.96 Å². The second-order valence-corrected chi connectivity index (χ2v) is 7.83. The summed E-state index contributed by atoms with van der Waals surface area (Å²) >= 11 is 22.9. The van der Waals surface area contributed by atoms with Crippen LogP contribution < -0.4 is 16.0 Å². The van der Waals surface area contributed by atoms with Crippen LogP contribution in [0.15, 0.2) is 42.5 Å². The van der Waals surface area contributed by atoms with E-state index in [4.69, 9.17) is 47.0 Å². The van der Waals surface area contributed by atoms with Crippen LogP contribution in [-0.4, -0.2) is 21.0 Å². The molecule has 0 spiro atoms. The standard InChI is InChI=1S/C16H16Cl3N3OS/c1-2-13(23)21-14(16(17,18)19)22-15(24)20-12-8-7-10-5-3-4-6-11(10)9-12/h3-9,14H,2H2,1H3,(H,21,23)(H2,20,22,24)/t14-/m0/s1. The minimum absolute atomic E-state index is 0.234. The summed E-state index contributed by atoms with van der Waals surface area (Å²) in [6.45, 7) is 1.70. The fraction of sp³-hybridized carbons (Fsp3) is 0.250. The molecule has 0 unspecified atom stereocenters. The van der Waals surface area contributed by atoms with Crippen LogP contribution in [0.1, 0.15) is 13.3 Å². The summed E-state index contributed by atoms with van der Waals surface area (Å²) in [5.74, 6) is -0.257. The molecule has 4 nitrogen and oxygen atoms in total. The minimum atomic E-state index is -1.75. The van der Waals surface area contributed by atoms with E-state index in [2.05, 4.69) is 16.0 Å². The maximum absolute atomic E-state index is 11.6. The molecule has 3 N–H and O–H groups in total. The van der Waals surface area contributed by atoms with Crippen molar-refractivity contribution in [3.63, 3.8) is 0 Å². The van der Waals surface area contributed by atoms with Gasteiger partial charge in [-0.1, -0.05) is 72.1 Å². The lowest BCUT2D eigenvalue weighted by molar-refractivity contribution is -0.121. The highest BCUT2D eigenvalue weighted by Gasteiger charge is 2.34. The smallest absolute Gasteiger partial charge is 0.228 e. The first kappa shape index (κ1) is 19.1. The van der Waals surface area contributed by atoms with E-state index in [9.17, 15) is 4.79 Å². The lowest BCUT2D eigenvalue weighted by Gasteiger charge is -2.27. The van der Waals surface area contributed by atoms with Crippen molar-refractivity contribution in [1.29, 1.82) is 0 Å². The Hall–Kier alpha value is -1.27. The van der Waals surface area contributed by atoms with Crippen molar-refractivity contribution < 1.29 is 4.79 Å². The molecule has 0 fully saturated rings. The van der Waals surface area contributed by atoms with Crippen molar-refractivity contribution in [1.82, 2.24) is 10.6 Å². The van der Waals surface area contributed by atoms with Gasteiger partial charge in [-0.05, 0) is 35.1 Å². The topological polar surface area (TPSA) is 53.2 Å². The van der Waals surface area contributed by atoms with Gasteiger partial charge in [-0.2, -0.15) is 0 Å². The molecule has 1 atom stereocenters. The van der Waals surface area contributed by atoms with Gasteiger partial charge in [0.25, 0.3) is 0 Å². The molecule has 0 aromatic heterocycles.